The maximum absolute atomic E-state index is 5.32. The molecule has 0 saturated carbocycles. The van der Waals surface area contributed by atoms with Gasteiger partial charge in [-0.1, -0.05) is 0 Å². The Bertz CT molecular complexity index is 106. The highest BCUT2D eigenvalue weighted by Crippen LogP contribution is 2.07. The van der Waals surface area contributed by atoms with Gasteiger partial charge < -0.3 is 15.4 Å². The standard InChI is InChI=1S/C7H14N2O/c1-2-8-6-4-10-5-7(6)9-3-1/h6-9H,1-5H2. The Hall–Kier alpha value is -0.120. The van der Waals surface area contributed by atoms with E-state index in [9.17, 15) is 0 Å². The van der Waals surface area contributed by atoms with Crippen LogP contribution in [-0.4, -0.2) is 38.4 Å². The van der Waals surface area contributed by atoms with Crippen molar-refractivity contribution in [1.29, 1.82) is 0 Å². The van der Waals surface area contributed by atoms with Gasteiger partial charge in [-0.3, -0.25) is 0 Å². The Morgan fingerprint density at radius 2 is 1.60 bits per heavy atom. The van der Waals surface area contributed by atoms with E-state index < -0.39 is 0 Å². The lowest BCUT2D eigenvalue weighted by atomic mass is 10.2. The van der Waals surface area contributed by atoms with Gasteiger partial charge in [-0.25, -0.2) is 0 Å². The molecule has 10 heavy (non-hydrogen) atoms. The van der Waals surface area contributed by atoms with Crippen molar-refractivity contribution in [3.63, 3.8) is 0 Å². The third-order valence-corrected chi connectivity index (χ3v) is 2.25. The SMILES string of the molecule is C1CNC2COCC2NC1. The van der Waals surface area contributed by atoms with E-state index in [1.807, 2.05) is 0 Å². The maximum atomic E-state index is 5.32. The molecule has 2 atom stereocenters. The van der Waals surface area contributed by atoms with Gasteiger partial charge >= 0.3 is 0 Å². The lowest BCUT2D eigenvalue weighted by Crippen LogP contribution is -2.43. The Morgan fingerprint density at radius 3 is 2.20 bits per heavy atom. The molecule has 2 unspecified atom stereocenters. The van der Waals surface area contributed by atoms with Gasteiger partial charge in [0.15, 0.2) is 0 Å². The molecular formula is C7H14N2O. The van der Waals surface area contributed by atoms with Gasteiger partial charge in [0.25, 0.3) is 0 Å². The van der Waals surface area contributed by atoms with Crippen LogP contribution in [0.2, 0.25) is 0 Å². The zero-order valence-corrected chi connectivity index (χ0v) is 6.10. The molecule has 0 aliphatic carbocycles. The molecule has 0 aromatic rings. The highest BCUT2D eigenvalue weighted by Gasteiger charge is 2.28. The van der Waals surface area contributed by atoms with Crippen molar-refractivity contribution in [2.45, 2.75) is 18.5 Å². The molecule has 58 valence electrons. The molecule has 0 amide bonds. The van der Waals surface area contributed by atoms with Crippen LogP contribution in [0.15, 0.2) is 0 Å². The van der Waals surface area contributed by atoms with Crippen LogP contribution >= 0.6 is 0 Å². The van der Waals surface area contributed by atoms with Crippen LogP contribution in [0.5, 0.6) is 0 Å². The monoisotopic (exact) mass is 142 g/mol. The van der Waals surface area contributed by atoms with Crippen molar-refractivity contribution in [3.8, 4) is 0 Å². The van der Waals surface area contributed by atoms with Gasteiger partial charge in [0, 0.05) is 12.1 Å². The minimum absolute atomic E-state index is 0.572. The number of hydrogen-bond donors (Lipinski definition) is 2. The van der Waals surface area contributed by atoms with Crippen LogP contribution < -0.4 is 10.6 Å². The third-order valence-electron chi connectivity index (χ3n) is 2.25. The van der Waals surface area contributed by atoms with Crippen LogP contribution in [0.3, 0.4) is 0 Å². The molecule has 0 aromatic carbocycles. The molecule has 3 heteroatoms. The summed E-state index contributed by atoms with van der Waals surface area (Å²) in [6.07, 6.45) is 1.24. The van der Waals surface area contributed by atoms with Crippen molar-refractivity contribution in [1.82, 2.24) is 10.6 Å². The highest BCUT2D eigenvalue weighted by molar-refractivity contribution is 4.88. The lowest BCUT2D eigenvalue weighted by Gasteiger charge is -2.14. The number of nitrogens with one attached hydrogen (secondary N) is 2. The average Bonchev–Trinajstić information content (AvgIpc) is 2.28. The van der Waals surface area contributed by atoms with E-state index in [2.05, 4.69) is 10.6 Å². The summed E-state index contributed by atoms with van der Waals surface area (Å²) in [4.78, 5) is 0. The molecule has 0 spiro atoms. The van der Waals surface area contributed by atoms with Crippen LogP contribution in [0, 0.1) is 0 Å². The molecule has 2 saturated heterocycles. The second-order valence-corrected chi connectivity index (χ2v) is 3.01. The van der Waals surface area contributed by atoms with E-state index in [0.717, 1.165) is 26.3 Å². The maximum Gasteiger partial charge on any atom is 0.0636 e. The summed E-state index contributed by atoms with van der Waals surface area (Å²) in [6.45, 7) is 4.05. The second kappa shape index (κ2) is 2.86. The first kappa shape index (κ1) is 6.58. The molecule has 2 aliphatic heterocycles. The average molecular weight is 142 g/mol. The van der Waals surface area contributed by atoms with Gasteiger partial charge in [-0.2, -0.15) is 0 Å². The Morgan fingerprint density at radius 1 is 1.00 bits per heavy atom. The molecule has 3 nitrogen and oxygen atoms in total. The normalized spacial score (nSPS) is 40.8. The van der Waals surface area contributed by atoms with Crippen LogP contribution in [-0.2, 0) is 4.74 Å². The number of hydrogen-bond acceptors (Lipinski definition) is 3. The predicted octanol–water partition coefficient (Wildman–Crippen LogP) is -0.663. The van der Waals surface area contributed by atoms with Gasteiger partial charge in [0.2, 0.25) is 0 Å². The van der Waals surface area contributed by atoms with Crippen molar-refractivity contribution < 1.29 is 4.74 Å². The van der Waals surface area contributed by atoms with Crippen molar-refractivity contribution in [3.05, 3.63) is 0 Å². The van der Waals surface area contributed by atoms with Gasteiger partial charge in [0.05, 0.1) is 13.2 Å². The lowest BCUT2D eigenvalue weighted by molar-refractivity contribution is 0.184. The fraction of sp³-hybridized carbons (Fsp3) is 1.00. The predicted molar refractivity (Wildman–Crippen MR) is 39.0 cm³/mol. The van der Waals surface area contributed by atoms with Gasteiger partial charge in [-0.05, 0) is 19.5 Å². The largest absolute Gasteiger partial charge is 0.378 e. The van der Waals surface area contributed by atoms with Crippen LogP contribution in [0.1, 0.15) is 6.42 Å². The quantitative estimate of drug-likeness (QED) is 0.471. The molecule has 0 aromatic heterocycles. The van der Waals surface area contributed by atoms with Crippen molar-refractivity contribution in [2.75, 3.05) is 26.3 Å². The van der Waals surface area contributed by atoms with Crippen LogP contribution in [0.4, 0.5) is 0 Å². The molecule has 0 radical (unpaired) electrons. The summed E-state index contributed by atoms with van der Waals surface area (Å²) in [5.41, 5.74) is 0. The molecular weight excluding hydrogens is 128 g/mol. The van der Waals surface area contributed by atoms with Crippen LogP contribution in [0.25, 0.3) is 0 Å². The highest BCUT2D eigenvalue weighted by atomic mass is 16.5. The fourth-order valence-electron chi connectivity index (χ4n) is 1.62. The first-order chi connectivity index (χ1) is 4.97. The molecule has 2 rings (SSSR count). The van der Waals surface area contributed by atoms with E-state index in [1.54, 1.807) is 0 Å². The Labute approximate surface area is 61.1 Å². The molecule has 2 heterocycles. The zero-order chi connectivity index (χ0) is 6.81. The summed E-state index contributed by atoms with van der Waals surface area (Å²) >= 11 is 0. The first-order valence-electron chi connectivity index (χ1n) is 4.01. The van der Waals surface area contributed by atoms with Gasteiger partial charge in [-0.15, -0.1) is 0 Å². The fourth-order valence-corrected chi connectivity index (χ4v) is 1.62. The Kier molecular flexibility index (Phi) is 1.88. The summed E-state index contributed by atoms with van der Waals surface area (Å²) in [7, 11) is 0. The third kappa shape index (κ3) is 1.17. The topological polar surface area (TPSA) is 33.3 Å². The minimum Gasteiger partial charge on any atom is -0.378 e. The molecule has 0 bridgehead atoms. The summed E-state index contributed by atoms with van der Waals surface area (Å²) in [6, 6.07) is 1.14. The van der Waals surface area contributed by atoms with E-state index >= 15 is 0 Å². The van der Waals surface area contributed by atoms with E-state index in [1.165, 1.54) is 6.42 Å². The smallest absolute Gasteiger partial charge is 0.0636 e. The number of rotatable bonds is 0. The van der Waals surface area contributed by atoms with E-state index in [4.69, 9.17) is 4.74 Å². The molecule has 2 fully saturated rings. The second-order valence-electron chi connectivity index (χ2n) is 3.01. The summed E-state index contributed by atoms with van der Waals surface area (Å²) in [5.74, 6) is 0. The summed E-state index contributed by atoms with van der Waals surface area (Å²) < 4.78 is 5.32. The van der Waals surface area contributed by atoms with E-state index in [-0.39, 0.29) is 0 Å². The van der Waals surface area contributed by atoms with Gasteiger partial charge in [0.1, 0.15) is 0 Å². The number of ether oxygens (including phenoxy) is 1. The summed E-state index contributed by atoms with van der Waals surface area (Å²) in [5, 5.41) is 6.91. The molecule has 2 aliphatic rings. The minimum atomic E-state index is 0.572. The Balaban J connectivity index is 1.95. The first-order valence-corrected chi connectivity index (χ1v) is 4.01. The molecule has 2 N–H and O–H groups in total. The van der Waals surface area contributed by atoms with Crippen molar-refractivity contribution in [2.24, 2.45) is 0 Å². The van der Waals surface area contributed by atoms with Crippen molar-refractivity contribution >= 4 is 0 Å². The zero-order valence-electron chi connectivity index (χ0n) is 6.10. The number of fused-ring (bicyclic) bond motifs is 1. The van der Waals surface area contributed by atoms with E-state index in [0.29, 0.717) is 12.1 Å².